The molecule has 144 valence electrons. The maximum absolute atomic E-state index is 11.8. The lowest BCUT2D eigenvalue weighted by Gasteiger charge is -2.13. The third kappa shape index (κ3) is 5.58. The summed E-state index contributed by atoms with van der Waals surface area (Å²) in [5.41, 5.74) is 4.74. The van der Waals surface area contributed by atoms with Gasteiger partial charge in [0, 0.05) is 32.4 Å². The smallest absolute Gasteiger partial charge is 0.250 e. The van der Waals surface area contributed by atoms with E-state index in [1.165, 1.54) is 11.1 Å². The van der Waals surface area contributed by atoms with Gasteiger partial charge in [0.05, 0.1) is 6.54 Å². The number of nitrogens with one attached hydrogen (secondary N) is 2. The summed E-state index contributed by atoms with van der Waals surface area (Å²) in [6.07, 6.45) is 1.81. The first-order valence-electron chi connectivity index (χ1n) is 9.37. The summed E-state index contributed by atoms with van der Waals surface area (Å²) in [6, 6.07) is 21.9. The van der Waals surface area contributed by atoms with Gasteiger partial charge in [-0.15, -0.1) is 0 Å². The van der Waals surface area contributed by atoms with Crippen LogP contribution in [-0.4, -0.2) is 17.6 Å². The average Bonchev–Trinajstić information content (AvgIpc) is 2.72. The number of aromatic nitrogens is 1. The summed E-state index contributed by atoms with van der Waals surface area (Å²) in [7, 11) is 1.77. The molecule has 0 unspecified atom stereocenters. The lowest BCUT2D eigenvalue weighted by atomic mass is 10.1. The molecule has 0 saturated carbocycles. The molecule has 2 aromatic carbocycles. The predicted molar refractivity (Wildman–Crippen MR) is 114 cm³/mol. The van der Waals surface area contributed by atoms with Crippen LogP contribution in [-0.2, 0) is 19.6 Å². The fourth-order valence-electron chi connectivity index (χ4n) is 2.85. The Morgan fingerprint density at radius 2 is 1.43 bits per heavy atom. The normalized spacial score (nSPS) is 11.3. The van der Waals surface area contributed by atoms with Crippen LogP contribution < -0.4 is 16.2 Å². The minimum Gasteiger partial charge on any atom is -0.352 e. The maximum Gasteiger partial charge on any atom is 0.250 e. The second-order valence-electron chi connectivity index (χ2n) is 6.75. The number of hydrogen-bond acceptors (Lipinski definition) is 2. The third-order valence-corrected chi connectivity index (χ3v) is 4.54. The fraction of sp³-hybridized carbons (Fsp3) is 0.217. The van der Waals surface area contributed by atoms with E-state index in [1.54, 1.807) is 23.7 Å². The number of guanidine groups is 1. The largest absolute Gasteiger partial charge is 0.352 e. The van der Waals surface area contributed by atoms with E-state index in [0.29, 0.717) is 13.1 Å². The molecule has 1 aromatic heterocycles. The first kappa shape index (κ1) is 19.4. The molecule has 0 radical (unpaired) electrons. The first-order valence-corrected chi connectivity index (χ1v) is 9.37. The van der Waals surface area contributed by atoms with Crippen LogP contribution in [0, 0.1) is 6.92 Å². The Hall–Kier alpha value is -3.34. The van der Waals surface area contributed by atoms with Crippen LogP contribution >= 0.6 is 0 Å². The van der Waals surface area contributed by atoms with Crippen LogP contribution in [0.1, 0.15) is 22.3 Å². The van der Waals surface area contributed by atoms with E-state index in [-0.39, 0.29) is 5.56 Å². The van der Waals surface area contributed by atoms with Gasteiger partial charge in [-0.25, -0.2) is 0 Å². The molecule has 3 rings (SSSR count). The molecule has 0 bridgehead atoms. The van der Waals surface area contributed by atoms with Gasteiger partial charge in [-0.05, 0) is 29.7 Å². The molecule has 0 aliphatic heterocycles. The zero-order valence-corrected chi connectivity index (χ0v) is 16.4. The standard InChI is InChI=1S/C23H26N4O/c1-18-6-8-19(9-7-18)15-25-23(24-2)26-16-20-10-12-21(13-11-20)17-27-14-4-3-5-22(27)28/h3-14H,15-17H2,1-2H3,(H2,24,25,26). The van der Waals surface area contributed by atoms with Crippen molar-refractivity contribution in [1.29, 1.82) is 0 Å². The van der Waals surface area contributed by atoms with Crippen molar-refractivity contribution >= 4 is 5.96 Å². The van der Waals surface area contributed by atoms with Gasteiger partial charge in [0.2, 0.25) is 0 Å². The average molecular weight is 374 g/mol. The molecule has 5 heteroatoms. The Labute approximate surface area is 165 Å². The lowest BCUT2D eigenvalue weighted by Crippen LogP contribution is -2.36. The maximum atomic E-state index is 11.8. The van der Waals surface area contributed by atoms with Gasteiger partial charge < -0.3 is 15.2 Å². The zero-order valence-electron chi connectivity index (χ0n) is 16.4. The first-order chi connectivity index (χ1) is 13.6. The Balaban J connectivity index is 1.51. The number of hydrogen-bond donors (Lipinski definition) is 2. The molecule has 0 amide bonds. The van der Waals surface area contributed by atoms with Gasteiger partial charge in [-0.2, -0.15) is 0 Å². The molecule has 28 heavy (non-hydrogen) atoms. The summed E-state index contributed by atoms with van der Waals surface area (Å²) >= 11 is 0. The highest BCUT2D eigenvalue weighted by atomic mass is 16.1. The van der Waals surface area contributed by atoms with Crippen molar-refractivity contribution in [2.24, 2.45) is 4.99 Å². The van der Waals surface area contributed by atoms with Crippen molar-refractivity contribution in [2.75, 3.05) is 7.05 Å². The van der Waals surface area contributed by atoms with Gasteiger partial charge in [0.1, 0.15) is 0 Å². The highest BCUT2D eigenvalue weighted by molar-refractivity contribution is 5.79. The van der Waals surface area contributed by atoms with Crippen molar-refractivity contribution in [3.8, 4) is 0 Å². The number of benzene rings is 2. The second-order valence-corrected chi connectivity index (χ2v) is 6.75. The molecular formula is C23H26N4O. The topological polar surface area (TPSA) is 58.4 Å². The summed E-state index contributed by atoms with van der Waals surface area (Å²) in [5.74, 6) is 0.764. The monoisotopic (exact) mass is 374 g/mol. The Morgan fingerprint density at radius 3 is 2.00 bits per heavy atom. The second kappa shape index (κ2) is 9.55. The highest BCUT2D eigenvalue weighted by Crippen LogP contribution is 2.06. The van der Waals surface area contributed by atoms with Gasteiger partial charge in [0.15, 0.2) is 5.96 Å². The molecule has 2 N–H and O–H groups in total. The third-order valence-electron chi connectivity index (χ3n) is 4.54. The van der Waals surface area contributed by atoms with Crippen molar-refractivity contribution in [3.63, 3.8) is 0 Å². The zero-order chi connectivity index (χ0) is 19.8. The number of aryl methyl sites for hydroxylation is 1. The highest BCUT2D eigenvalue weighted by Gasteiger charge is 2.01. The van der Waals surface area contributed by atoms with Gasteiger partial charge in [-0.3, -0.25) is 9.79 Å². The van der Waals surface area contributed by atoms with Crippen LogP contribution in [0.3, 0.4) is 0 Å². The predicted octanol–water partition coefficient (Wildman–Crippen LogP) is 3.07. The van der Waals surface area contributed by atoms with Gasteiger partial charge in [0.25, 0.3) is 5.56 Å². The van der Waals surface area contributed by atoms with Gasteiger partial charge >= 0.3 is 0 Å². The molecular weight excluding hydrogens is 348 g/mol. The van der Waals surface area contributed by atoms with E-state index < -0.39 is 0 Å². The fourth-order valence-corrected chi connectivity index (χ4v) is 2.85. The minimum absolute atomic E-state index is 0.0108. The number of rotatable bonds is 6. The van der Waals surface area contributed by atoms with Crippen LogP contribution in [0.25, 0.3) is 0 Å². The van der Waals surface area contributed by atoms with Crippen molar-refractivity contribution < 1.29 is 0 Å². The number of nitrogens with zero attached hydrogens (tertiary/aromatic N) is 2. The summed E-state index contributed by atoms with van der Waals surface area (Å²) in [5, 5.41) is 6.66. The SMILES string of the molecule is CN=C(NCc1ccc(C)cc1)NCc1ccc(Cn2ccccc2=O)cc1. The van der Waals surface area contributed by atoms with Crippen LogP contribution in [0.5, 0.6) is 0 Å². The molecule has 5 nitrogen and oxygen atoms in total. The van der Waals surface area contributed by atoms with Crippen molar-refractivity contribution in [1.82, 2.24) is 15.2 Å². The van der Waals surface area contributed by atoms with E-state index >= 15 is 0 Å². The van der Waals surface area contributed by atoms with Crippen LogP contribution in [0.4, 0.5) is 0 Å². The summed E-state index contributed by atoms with van der Waals surface area (Å²) < 4.78 is 1.70. The molecule has 1 heterocycles. The molecule has 0 spiro atoms. The number of pyridine rings is 1. The Kier molecular flexibility index (Phi) is 6.63. The lowest BCUT2D eigenvalue weighted by molar-refractivity contribution is 0.758. The van der Waals surface area contributed by atoms with E-state index in [4.69, 9.17) is 0 Å². The van der Waals surface area contributed by atoms with E-state index in [2.05, 4.69) is 71.1 Å². The van der Waals surface area contributed by atoms with Gasteiger partial charge in [-0.1, -0.05) is 60.2 Å². The molecule has 0 atom stereocenters. The van der Waals surface area contributed by atoms with Crippen molar-refractivity contribution in [2.45, 2.75) is 26.6 Å². The molecule has 3 aromatic rings. The van der Waals surface area contributed by atoms with Crippen LogP contribution in [0.15, 0.2) is 82.7 Å². The van der Waals surface area contributed by atoms with E-state index in [1.807, 2.05) is 12.3 Å². The summed E-state index contributed by atoms with van der Waals surface area (Å²) in [4.78, 5) is 16.1. The van der Waals surface area contributed by atoms with E-state index in [0.717, 1.165) is 23.6 Å². The Morgan fingerprint density at radius 1 is 0.857 bits per heavy atom. The quantitative estimate of drug-likeness (QED) is 0.515. The number of aliphatic imine (C=N–C) groups is 1. The molecule has 0 fully saturated rings. The van der Waals surface area contributed by atoms with Crippen LogP contribution in [0.2, 0.25) is 0 Å². The van der Waals surface area contributed by atoms with Crippen molar-refractivity contribution in [3.05, 3.63) is 106 Å². The van der Waals surface area contributed by atoms with E-state index in [9.17, 15) is 4.79 Å². The Bertz CT molecular complexity index is 972. The molecule has 0 saturated heterocycles. The summed E-state index contributed by atoms with van der Waals surface area (Å²) in [6.45, 7) is 4.07. The minimum atomic E-state index is 0.0108. The molecule has 0 aliphatic rings. The molecule has 0 aliphatic carbocycles.